The zero-order valence-corrected chi connectivity index (χ0v) is 13.8. The van der Waals surface area contributed by atoms with E-state index in [2.05, 4.69) is 10.3 Å². The summed E-state index contributed by atoms with van der Waals surface area (Å²) in [6.07, 6.45) is 3.28. The number of nitrogens with one attached hydrogen (secondary N) is 1. The van der Waals surface area contributed by atoms with E-state index in [1.165, 1.54) is 12.8 Å². The molecule has 1 aliphatic rings. The Bertz CT molecular complexity index is 581. The molecule has 0 saturated heterocycles. The van der Waals surface area contributed by atoms with E-state index in [9.17, 15) is 4.79 Å². The summed E-state index contributed by atoms with van der Waals surface area (Å²) in [5.41, 5.74) is 7.53. The predicted molar refractivity (Wildman–Crippen MR) is 90.5 cm³/mol. The van der Waals surface area contributed by atoms with Gasteiger partial charge in [0.1, 0.15) is 5.52 Å². The van der Waals surface area contributed by atoms with Crippen molar-refractivity contribution in [3.8, 4) is 0 Å². The third kappa shape index (κ3) is 4.87. The first-order chi connectivity index (χ1) is 9.72. The highest BCUT2D eigenvalue weighted by atomic mass is 35.5. The number of carbonyl (C=O) groups is 1. The topological polar surface area (TPSA) is 81.1 Å². The molecule has 22 heavy (non-hydrogen) atoms. The highest BCUT2D eigenvalue weighted by molar-refractivity contribution is 5.85. The first kappa shape index (κ1) is 18.7. The zero-order valence-electron chi connectivity index (χ0n) is 12.2. The van der Waals surface area contributed by atoms with Crippen molar-refractivity contribution < 1.29 is 9.21 Å². The SMILES string of the molecule is Cl.Cl.NC(CNC(=O)CCc1nc2ccccc2o1)C1CC1. The maximum absolute atomic E-state index is 11.7. The highest BCUT2D eigenvalue weighted by Crippen LogP contribution is 2.31. The number of aryl methyl sites for hydroxylation is 1. The maximum atomic E-state index is 11.7. The van der Waals surface area contributed by atoms with Crippen LogP contribution in [0.4, 0.5) is 0 Å². The molecular weight excluding hydrogens is 325 g/mol. The fraction of sp³-hybridized carbons (Fsp3) is 0.467. The molecule has 1 aromatic carbocycles. The second-order valence-corrected chi connectivity index (χ2v) is 5.38. The molecule has 0 bridgehead atoms. The number of fused-ring (bicyclic) bond motifs is 1. The van der Waals surface area contributed by atoms with Gasteiger partial charge in [-0.1, -0.05) is 12.1 Å². The van der Waals surface area contributed by atoms with Crippen LogP contribution >= 0.6 is 24.8 Å². The number of para-hydroxylation sites is 2. The molecule has 3 rings (SSSR count). The van der Waals surface area contributed by atoms with Gasteiger partial charge >= 0.3 is 0 Å². The third-order valence-electron chi connectivity index (χ3n) is 3.67. The van der Waals surface area contributed by atoms with Crippen LogP contribution in [0.2, 0.25) is 0 Å². The summed E-state index contributed by atoms with van der Waals surface area (Å²) in [7, 11) is 0. The van der Waals surface area contributed by atoms with Crippen LogP contribution in [0.5, 0.6) is 0 Å². The van der Waals surface area contributed by atoms with Gasteiger partial charge in [-0.15, -0.1) is 24.8 Å². The predicted octanol–water partition coefficient (Wildman–Crippen LogP) is 2.46. The Morgan fingerprint density at radius 1 is 1.36 bits per heavy atom. The number of oxazole rings is 1. The molecule has 122 valence electrons. The van der Waals surface area contributed by atoms with Gasteiger partial charge in [0.15, 0.2) is 11.5 Å². The van der Waals surface area contributed by atoms with Crippen LogP contribution in [0.25, 0.3) is 11.1 Å². The molecule has 7 heteroatoms. The van der Waals surface area contributed by atoms with Crippen LogP contribution in [0, 0.1) is 5.92 Å². The van der Waals surface area contributed by atoms with Crippen molar-refractivity contribution in [1.29, 1.82) is 0 Å². The number of halogens is 2. The van der Waals surface area contributed by atoms with Crippen molar-refractivity contribution in [2.45, 2.75) is 31.7 Å². The van der Waals surface area contributed by atoms with Gasteiger partial charge in [0.05, 0.1) is 0 Å². The first-order valence-corrected chi connectivity index (χ1v) is 7.09. The minimum absolute atomic E-state index is 0. The van der Waals surface area contributed by atoms with Crippen molar-refractivity contribution >= 4 is 41.8 Å². The van der Waals surface area contributed by atoms with Crippen LogP contribution < -0.4 is 11.1 Å². The molecule has 2 aromatic rings. The van der Waals surface area contributed by atoms with Crippen molar-refractivity contribution in [1.82, 2.24) is 10.3 Å². The lowest BCUT2D eigenvalue weighted by Gasteiger charge is -2.10. The summed E-state index contributed by atoms with van der Waals surface area (Å²) in [5.74, 6) is 1.21. The molecular formula is C15H21Cl2N3O2. The molecule has 1 unspecified atom stereocenters. The quantitative estimate of drug-likeness (QED) is 0.842. The van der Waals surface area contributed by atoms with E-state index in [1.54, 1.807) is 0 Å². The van der Waals surface area contributed by atoms with Crippen molar-refractivity contribution in [3.63, 3.8) is 0 Å². The van der Waals surface area contributed by atoms with Gasteiger partial charge in [-0.3, -0.25) is 4.79 Å². The molecule has 1 atom stereocenters. The summed E-state index contributed by atoms with van der Waals surface area (Å²) in [6, 6.07) is 7.70. The molecule has 0 spiro atoms. The Morgan fingerprint density at radius 2 is 2.09 bits per heavy atom. The van der Waals surface area contributed by atoms with Crippen LogP contribution in [-0.2, 0) is 11.2 Å². The van der Waals surface area contributed by atoms with Gasteiger partial charge in [-0.25, -0.2) is 4.98 Å². The summed E-state index contributed by atoms with van der Waals surface area (Å²) in [6.45, 7) is 0.567. The van der Waals surface area contributed by atoms with Gasteiger partial charge in [0.2, 0.25) is 5.91 Å². The van der Waals surface area contributed by atoms with Gasteiger partial charge in [0, 0.05) is 25.4 Å². The minimum atomic E-state index is 0. The average Bonchev–Trinajstić information content (AvgIpc) is 3.22. The van der Waals surface area contributed by atoms with E-state index < -0.39 is 0 Å². The number of hydrogen-bond acceptors (Lipinski definition) is 4. The van der Waals surface area contributed by atoms with Crippen LogP contribution in [-0.4, -0.2) is 23.5 Å². The molecule has 0 aliphatic heterocycles. The Morgan fingerprint density at radius 3 is 2.77 bits per heavy atom. The number of rotatable bonds is 6. The number of carbonyl (C=O) groups excluding carboxylic acids is 1. The average molecular weight is 346 g/mol. The van der Waals surface area contributed by atoms with Crippen molar-refractivity contribution in [2.24, 2.45) is 11.7 Å². The number of amides is 1. The Balaban J connectivity index is 0.00000121. The molecule has 3 N–H and O–H groups in total. The van der Waals surface area contributed by atoms with E-state index >= 15 is 0 Å². The van der Waals surface area contributed by atoms with Crippen molar-refractivity contribution in [2.75, 3.05) is 6.54 Å². The molecule has 0 radical (unpaired) electrons. The lowest BCUT2D eigenvalue weighted by molar-refractivity contribution is -0.121. The second kappa shape index (κ2) is 8.36. The van der Waals surface area contributed by atoms with E-state index in [1.807, 2.05) is 24.3 Å². The number of nitrogens with zero attached hydrogens (tertiary/aromatic N) is 1. The van der Waals surface area contributed by atoms with Crippen LogP contribution in [0.3, 0.4) is 0 Å². The molecule has 1 saturated carbocycles. The van der Waals surface area contributed by atoms with Gasteiger partial charge < -0.3 is 15.5 Å². The standard InChI is InChI=1S/C15H19N3O2.2ClH/c16-11(10-5-6-10)9-17-14(19)7-8-15-18-12-3-1-2-4-13(12)20-15;;/h1-4,10-11H,5-9,16H2,(H,17,19);2*1H. The van der Waals surface area contributed by atoms with E-state index in [-0.39, 0.29) is 36.8 Å². The van der Waals surface area contributed by atoms with Crippen LogP contribution in [0.1, 0.15) is 25.2 Å². The highest BCUT2D eigenvalue weighted by Gasteiger charge is 2.28. The van der Waals surface area contributed by atoms with E-state index in [0.29, 0.717) is 31.2 Å². The lowest BCUT2D eigenvalue weighted by Crippen LogP contribution is -2.38. The third-order valence-corrected chi connectivity index (χ3v) is 3.67. The number of aromatic nitrogens is 1. The van der Waals surface area contributed by atoms with E-state index in [4.69, 9.17) is 10.2 Å². The maximum Gasteiger partial charge on any atom is 0.220 e. The van der Waals surface area contributed by atoms with Gasteiger partial charge in [-0.05, 0) is 30.9 Å². The summed E-state index contributed by atoms with van der Waals surface area (Å²) in [5, 5.41) is 2.87. The number of benzene rings is 1. The molecule has 1 amide bonds. The molecule has 1 fully saturated rings. The molecule has 1 heterocycles. The smallest absolute Gasteiger partial charge is 0.220 e. The fourth-order valence-electron chi connectivity index (χ4n) is 2.26. The summed E-state index contributed by atoms with van der Waals surface area (Å²) < 4.78 is 5.58. The molecule has 5 nitrogen and oxygen atoms in total. The summed E-state index contributed by atoms with van der Waals surface area (Å²) in [4.78, 5) is 16.1. The van der Waals surface area contributed by atoms with E-state index in [0.717, 1.165) is 11.1 Å². The lowest BCUT2D eigenvalue weighted by atomic mass is 10.2. The monoisotopic (exact) mass is 345 g/mol. The Labute approximate surface area is 141 Å². The summed E-state index contributed by atoms with van der Waals surface area (Å²) >= 11 is 0. The molecule has 1 aliphatic carbocycles. The molecule has 1 aromatic heterocycles. The van der Waals surface area contributed by atoms with Gasteiger partial charge in [-0.2, -0.15) is 0 Å². The number of hydrogen-bond donors (Lipinski definition) is 2. The second-order valence-electron chi connectivity index (χ2n) is 5.38. The normalized spacial score (nSPS) is 14.8. The van der Waals surface area contributed by atoms with Crippen LogP contribution in [0.15, 0.2) is 28.7 Å². The Kier molecular flexibility index (Phi) is 7.13. The fourth-order valence-corrected chi connectivity index (χ4v) is 2.26. The first-order valence-electron chi connectivity index (χ1n) is 7.09. The van der Waals surface area contributed by atoms with Gasteiger partial charge in [0.25, 0.3) is 0 Å². The number of nitrogens with two attached hydrogens (primary N) is 1. The van der Waals surface area contributed by atoms with Crippen molar-refractivity contribution in [3.05, 3.63) is 30.2 Å². The zero-order chi connectivity index (χ0) is 13.9. The Hall–Kier alpha value is -1.30. The minimum Gasteiger partial charge on any atom is -0.441 e. The largest absolute Gasteiger partial charge is 0.441 e.